The van der Waals surface area contributed by atoms with E-state index in [0.29, 0.717) is 17.1 Å². The highest BCUT2D eigenvalue weighted by molar-refractivity contribution is 9.09. The number of halogens is 2. The van der Waals surface area contributed by atoms with Gasteiger partial charge in [0.15, 0.2) is 0 Å². The fourth-order valence-electron chi connectivity index (χ4n) is 1.87. The Morgan fingerprint density at radius 3 is 2.74 bits per heavy atom. The van der Waals surface area contributed by atoms with Crippen molar-refractivity contribution in [1.82, 2.24) is 5.32 Å². The zero-order chi connectivity index (χ0) is 14.5. The number of carbonyl (C=O) groups is 1. The average molecular weight is 347 g/mol. The topological polar surface area (TPSA) is 29.1 Å². The molecule has 0 aliphatic carbocycles. The second kappa shape index (κ2) is 7.30. The van der Waals surface area contributed by atoms with Gasteiger partial charge in [-0.2, -0.15) is 0 Å². The third kappa shape index (κ3) is 5.15. The monoisotopic (exact) mass is 345 g/mol. The molecule has 1 rings (SSSR count). The summed E-state index contributed by atoms with van der Waals surface area (Å²) in [5.41, 5.74) is 1.57. The van der Waals surface area contributed by atoms with E-state index in [9.17, 15) is 4.79 Å². The molecule has 1 aromatic rings. The number of rotatable bonds is 6. The molecule has 0 aliphatic heterocycles. The lowest BCUT2D eigenvalue weighted by Crippen LogP contribution is -2.34. The molecule has 1 amide bonds. The lowest BCUT2D eigenvalue weighted by atomic mass is 9.88. The van der Waals surface area contributed by atoms with Gasteiger partial charge >= 0.3 is 0 Å². The first-order valence-corrected chi connectivity index (χ1v) is 7.96. The Bertz CT molecular complexity index is 446. The van der Waals surface area contributed by atoms with Crippen molar-refractivity contribution in [2.75, 3.05) is 11.9 Å². The summed E-state index contributed by atoms with van der Waals surface area (Å²) in [6.45, 7) is 6.88. The molecule has 0 spiro atoms. The van der Waals surface area contributed by atoms with Crippen LogP contribution < -0.4 is 5.32 Å². The molecule has 0 unspecified atom stereocenters. The molecule has 0 heterocycles. The van der Waals surface area contributed by atoms with Gasteiger partial charge in [0.2, 0.25) is 0 Å². The van der Waals surface area contributed by atoms with Crippen molar-refractivity contribution < 1.29 is 4.79 Å². The third-order valence-corrected chi connectivity index (χ3v) is 4.21. The second-order valence-corrected chi connectivity index (χ2v) is 6.75. The van der Waals surface area contributed by atoms with E-state index in [0.717, 1.165) is 23.7 Å². The number of benzene rings is 1. The van der Waals surface area contributed by atoms with E-state index in [4.69, 9.17) is 11.6 Å². The maximum Gasteiger partial charge on any atom is 0.252 e. The molecule has 2 nitrogen and oxygen atoms in total. The van der Waals surface area contributed by atoms with Gasteiger partial charge in [-0.25, -0.2) is 0 Å². The first kappa shape index (κ1) is 16.5. The Labute approximate surface area is 129 Å². The van der Waals surface area contributed by atoms with Crippen LogP contribution in [-0.4, -0.2) is 17.8 Å². The number of aryl methyl sites for hydroxylation is 1. The number of nitrogens with one attached hydrogen (secondary N) is 1. The van der Waals surface area contributed by atoms with Gasteiger partial charge in [0.1, 0.15) is 0 Å². The minimum atomic E-state index is -0.0967. The van der Waals surface area contributed by atoms with Gasteiger partial charge in [-0.15, -0.1) is 0 Å². The predicted molar refractivity (Wildman–Crippen MR) is 85.3 cm³/mol. The zero-order valence-corrected chi connectivity index (χ0v) is 14.1. The highest BCUT2D eigenvalue weighted by Crippen LogP contribution is 2.23. The molecule has 0 saturated carbocycles. The Kier molecular flexibility index (Phi) is 6.34. The predicted octanol–water partition coefficient (Wildman–Crippen LogP) is 4.58. The van der Waals surface area contributed by atoms with Crippen LogP contribution in [0.5, 0.6) is 0 Å². The summed E-state index contributed by atoms with van der Waals surface area (Å²) < 4.78 is 0. The number of amides is 1. The molecule has 4 heteroatoms. The normalized spacial score (nSPS) is 11.4. The number of hydrogen-bond acceptors (Lipinski definition) is 1. The van der Waals surface area contributed by atoms with Crippen LogP contribution >= 0.6 is 27.5 Å². The van der Waals surface area contributed by atoms with Crippen LogP contribution in [0.2, 0.25) is 5.02 Å². The van der Waals surface area contributed by atoms with Crippen molar-refractivity contribution in [1.29, 1.82) is 0 Å². The van der Waals surface area contributed by atoms with Gasteiger partial charge in [0.05, 0.1) is 10.6 Å². The van der Waals surface area contributed by atoms with Crippen molar-refractivity contribution in [2.24, 2.45) is 5.41 Å². The minimum Gasteiger partial charge on any atom is -0.351 e. The van der Waals surface area contributed by atoms with Crippen molar-refractivity contribution >= 4 is 33.4 Å². The average Bonchev–Trinajstić information content (AvgIpc) is 2.37. The summed E-state index contributed by atoms with van der Waals surface area (Å²) in [6.07, 6.45) is 2.17. The van der Waals surface area contributed by atoms with Gasteiger partial charge < -0.3 is 5.32 Å². The summed E-state index contributed by atoms with van der Waals surface area (Å²) in [5, 5.41) is 4.51. The van der Waals surface area contributed by atoms with E-state index < -0.39 is 0 Å². The molecule has 19 heavy (non-hydrogen) atoms. The number of alkyl halides is 1. The Morgan fingerprint density at radius 1 is 1.42 bits per heavy atom. The lowest BCUT2D eigenvalue weighted by molar-refractivity contribution is 0.0934. The van der Waals surface area contributed by atoms with Crippen LogP contribution in [-0.2, 0) is 0 Å². The number of carbonyl (C=O) groups excluding carboxylic acids is 1. The molecule has 0 aromatic heterocycles. The molecule has 0 radical (unpaired) electrons. The molecule has 1 aromatic carbocycles. The van der Waals surface area contributed by atoms with Gasteiger partial charge in [-0.3, -0.25) is 4.79 Å². The summed E-state index contributed by atoms with van der Waals surface area (Å²) in [4.78, 5) is 12.1. The highest BCUT2D eigenvalue weighted by Gasteiger charge is 2.19. The standard InChI is InChI=1S/C15H21BrClNO/c1-11-6-4-7-12(13(11)17)14(19)18-10-15(2,3)8-5-9-16/h4,6-7H,5,8-10H2,1-3H3,(H,18,19). The third-order valence-electron chi connectivity index (χ3n) is 3.15. The molecular weight excluding hydrogens is 326 g/mol. The zero-order valence-electron chi connectivity index (χ0n) is 11.7. The Morgan fingerprint density at radius 2 is 2.11 bits per heavy atom. The fourth-order valence-corrected chi connectivity index (χ4v) is 2.36. The first-order valence-electron chi connectivity index (χ1n) is 6.47. The van der Waals surface area contributed by atoms with E-state index >= 15 is 0 Å². The Balaban J connectivity index is 2.63. The quantitative estimate of drug-likeness (QED) is 0.751. The van der Waals surface area contributed by atoms with E-state index in [-0.39, 0.29) is 11.3 Å². The molecule has 0 bridgehead atoms. The van der Waals surface area contributed by atoms with Crippen molar-refractivity contribution in [2.45, 2.75) is 33.6 Å². The van der Waals surface area contributed by atoms with Gasteiger partial charge in [-0.05, 0) is 36.8 Å². The second-order valence-electron chi connectivity index (χ2n) is 5.58. The SMILES string of the molecule is Cc1cccc(C(=O)NCC(C)(C)CCCBr)c1Cl. The number of hydrogen-bond donors (Lipinski definition) is 1. The van der Waals surface area contributed by atoms with Crippen molar-refractivity contribution in [3.05, 3.63) is 34.3 Å². The molecule has 1 N–H and O–H groups in total. The molecule has 0 fully saturated rings. The lowest BCUT2D eigenvalue weighted by Gasteiger charge is -2.24. The molecular formula is C15H21BrClNO. The van der Waals surface area contributed by atoms with Crippen LogP contribution in [0.1, 0.15) is 42.6 Å². The van der Waals surface area contributed by atoms with E-state index in [1.165, 1.54) is 0 Å². The van der Waals surface area contributed by atoms with Crippen LogP contribution in [0.4, 0.5) is 0 Å². The van der Waals surface area contributed by atoms with Gasteiger partial charge in [-0.1, -0.05) is 53.5 Å². The van der Waals surface area contributed by atoms with E-state index in [1.807, 2.05) is 19.1 Å². The largest absolute Gasteiger partial charge is 0.351 e. The Hall–Kier alpha value is -0.540. The van der Waals surface area contributed by atoms with Gasteiger partial charge in [0.25, 0.3) is 5.91 Å². The summed E-state index contributed by atoms with van der Waals surface area (Å²) in [6, 6.07) is 5.52. The maximum absolute atomic E-state index is 12.1. The maximum atomic E-state index is 12.1. The van der Waals surface area contributed by atoms with Crippen LogP contribution in [0.25, 0.3) is 0 Å². The van der Waals surface area contributed by atoms with Crippen LogP contribution in [0.3, 0.4) is 0 Å². The molecule has 0 saturated heterocycles. The van der Waals surface area contributed by atoms with Crippen molar-refractivity contribution in [3.63, 3.8) is 0 Å². The fraction of sp³-hybridized carbons (Fsp3) is 0.533. The van der Waals surface area contributed by atoms with Crippen LogP contribution in [0, 0.1) is 12.3 Å². The van der Waals surface area contributed by atoms with E-state index in [1.54, 1.807) is 6.07 Å². The summed E-state index contributed by atoms with van der Waals surface area (Å²) in [5.74, 6) is -0.0967. The van der Waals surface area contributed by atoms with Crippen molar-refractivity contribution in [3.8, 4) is 0 Å². The summed E-state index contributed by atoms with van der Waals surface area (Å²) >= 11 is 9.59. The highest BCUT2D eigenvalue weighted by atomic mass is 79.9. The smallest absolute Gasteiger partial charge is 0.252 e. The molecule has 0 aliphatic rings. The first-order chi connectivity index (χ1) is 8.87. The molecule has 106 valence electrons. The summed E-state index contributed by atoms with van der Waals surface area (Å²) in [7, 11) is 0. The molecule has 0 atom stereocenters. The van der Waals surface area contributed by atoms with E-state index in [2.05, 4.69) is 35.1 Å². The minimum absolute atomic E-state index is 0.0967. The van der Waals surface area contributed by atoms with Gasteiger partial charge in [0, 0.05) is 11.9 Å². The van der Waals surface area contributed by atoms with Crippen LogP contribution in [0.15, 0.2) is 18.2 Å².